The molecule has 2 bridgehead atoms. The molecule has 8 heteroatoms. The number of likely N-dealkylation sites (tertiary alicyclic amines) is 1. The Morgan fingerprint density at radius 2 is 1.78 bits per heavy atom. The molecule has 0 radical (unpaired) electrons. The monoisotopic (exact) mass is 550 g/mol. The highest BCUT2D eigenvalue weighted by Gasteiger charge is 2.58. The highest BCUT2D eigenvalue weighted by atomic mass is 127. The van der Waals surface area contributed by atoms with Gasteiger partial charge < -0.3 is 15.4 Å². The fraction of sp³-hybridized carbons (Fsp3) is 0.542. The Labute approximate surface area is 206 Å². The third-order valence-corrected chi connectivity index (χ3v) is 7.00. The topological polar surface area (TPSA) is 83.0 Å². The van der Waals surface area contributed by atoms with Crippen molar-refractivity contribution in [2.45, 2.75) is 25.8 Å². The number of fused-ring (bicyclic) bond motifs is 5. The van der Waals surface area contributed by atoms with Gasteiger partial charge >= 0.3 is 0 Å². The quantitative estimate of drug-likeness (QED) is 0.171. The lowest BCUT2D eigenvalue weighted by Crippen LogP contribution is -2.43. The minimum Gasteiger partial charge on any atom is -0.493 e. The van der Waals surface area contributed by atoms with Gasteiger partial charge in [0.05, 0.1) is 18.4 Å². The number of guanidine groups is 1. The maximum absolute atomic E-state index is 12.8. The number of para-hydroxylation sites is 1. The van der Waals surface area contributed by atoms with Crippen LogP contribution >= 0.6 is 24.0 Å². The lowest BCUT2D eigenvalue weighted by Gasteiger charge is -2.19. The van der Waals surface area contributed by atoms with E-state index in [1.54, 1.807) is 7.05 Å². The van der Waals surface area contributed by atoms with Crippen LogP contribution in [-0.2, 0) is 16.1 Å². The second kappa shape index (κ2) is 9.80. The molecule has 1 saturated heterocycles. The first-order valence-corrected chi connectivity index (χ1v) is 11.3. The van der Waals surface area contributed by atoms with Crippen LogP contribution in [0.2, 0.25) is 0 Å². The molecule has 5 rings (SSSR count). The predicted molar refractivity (Wildman–Crippen MR) is 133 cm³/mol. The van der Waals surface area contributed by atoms with Gasteiger partial charge in [-0.2, -0.15) is 0 Å². The first-order valence-electron chi connectivity index (χ1n) is 11.3. The Hall–Kier alpha value is -2.10. The molecule has 3 fully saturated rings. The largest absolute Gasteiger partial charge is 0.493 e. The number of amides is 2. The zero-order valence-corrected chi connectivity index (χ0v) is 20.7. The first kappa shape index (κ1) is 23.1. The third-order valence-electron chi connectivity index (χ3n) is 7.00. The Morgan fingerprint density at radius 3 is 2.44 bits per heavy atom. The van der Waals surface area contributed by atoms with Crippen molar-refractivity contribution in [3.05, 3.63) is 42.0 Å². The summed E-state index contributed by atoms with van der Waals surface area (Å²) in [6.07, 6.45) is 7.73. The molecule has 172 valence electrons. The van der Waals surface area contributed by atoms with E-state index in [0.29, 0.717) is 31.5 Å². The van der Waals surface area contributed by atoms with Crippen LogP contribution in [0.15, 0.2) is 41.4 Å². The van der Waals surface area contributed by atoms with Crippen LogP contribution < -0.4 is 15.4 Å². The lowest BCUT2D eigenvalue weighted by molar-refractivity contribution is -0.140. The van der Waals surface area contributed by atoms with Gasteiger partial charge in [-0.05, 0) is 43.1 Å². The molecule has 2 amide bonds. The summed E-state index contributed by atoms with van der Waals surface area (Å²) in [5.41, 5.74) is 1.08. The van der Waals surface area contributed by atoms with E-state index < -0.39 is 0 Å². The number of imide groups is 1. The molecular formula is C24H31IN4O3. The normalized spacial score (nSPS) is 28.0. The smallest absolute Gasteiger partial charge is 0.233 e. The summed E-state index contributed by atoms with van der Waals surface area (Å²) in [5, 5.41) is 6.53. The van der Waals surface area contributed by atoms with E-state index in [2.05, 4.69) is 27.8 Å². The summed E-state index contributed by atoms with van der Waals surface area (Å²) in [6.45, 7) is 2.20. The average molecular weight is 550 g/mol. The van der Waals surface area contributed by atoms with Gasteiger partial charge in [0.1, 0.15) is 5.75 Å². The second-order valence-electron chi connectivity index (χ2n) is 9.04. The van der Waals surface area contributed by atoms with Crippen molar-refractivity contribution < 1.29 is 14.3 Å². The van der Waals surface area contributed by atoms with E-state index in [1.165, 1.54) is 17.7 Å². The predicted octanol–water partition coefficient (Wildman–Crippen LogP) is 2.57. The number of allylic oxidation sites excluding steroid dienone is 2. The van der Waals surface area contributed by atoms with Gasteiger partial charge in [-0.25, -0.2) is 0 Å². The average Bonchev–Trinajstić information content (AvgIpc) is 3.30. The molecule has 4 aliphatic rings. The summed E-state index contributed by atoms with van der Waals surface area (Å²) >= 11 is 0. The van der Waals surface area contributed by atoms with Crippen LogP contribution in [0, 0.1) is 29.6 Å². The van der Waals surface area contributed by atoms with Crippen LogP contribution in [0.25, 0.3) is 0 Å². The number of nitrogens with one attached hydrogen (secondary N) is 2. The van der Waals surface area contributed by atoms with Gasteiger partial charge in [0.2, 0.25) is 11.8 Å². The molecule has 3 aliphatic carbocycles. The summed E-state index contributed by atoms with van der Waals surface area (Å²) < 4.78 is 5.97. The second-order valence-corrected chi connectivity index (χ2v) is 9.04. The standard InChI is InChI=1S/C24H30N4O3.HI/c1-25-24(27-13-18-4-2-3-5-19(18)31-14-15-6-7-15)26-10-11-28-22(29)20-16-8-9-17(12-16)21(20)23(28)30;/h2-5,8-9,15-17,20-21H,6-7,10-14H2,1H3,(H2,25,26,27);1H. The summed E-state index contributed by atoms with van der Waals surface area (Å²) in [5.74, 6) is 2.48. The van der Waals surface area contributed by atoms with Gasteiger partial charge in [-0.1, -0.05) is 30.4 Å². The van der Waals surface area contributed by atoms with Gasteiger partial charge in [0.15, 0.2) is 5.96 Å². The van der Waals surface area contributed by atoms with Gasteiger partial charge in [0, 0.05) is 32.2 Å². The van der Waals surface area contributed by atoms with E-state index in [1.807, 2.05) is 24.3 Å². The number of hydrogen-bond donors (Lipinski definition) is 2. The molecule has 0 aromatic heterocycles. The summed E-state index contributed by atoms with van der Waals surface area (Å²) in [4.78, 5) is 31.3. The minimum atomic E-state index is -0.132. The van der Waals surface area contributed by atoms with Crippen molar-refractivity contribution >= 4 is 41.8 Å². The minimum absolute atomic E-state index is 0. The van der Waals surface area contributed by atoms with Crippen molar-refractivity contribution in [1.82, 2.24) is 15.5 Å². The van der Waals surface area contributed by atoms with E-state index in [0.717, 1.165) is 24.3 Å². The number of ether oxygens (including phenoxy) is 1. The molecule has 2 N–H and O–H groups in total. The summed E-state index contributed by atoms with van der Waals surface area (Å²) in [6, 6.07) is 8.03. The maximum atomic E-state index is 12.8. The molecule has 1 aromatic rings. The zero-order chi connectivity index (χ0) is 21.4. The fourth-order valence-corrected chi connectivity index (χ4v) is 5.15. The van der Waals surface area contributed by atoms with Crippen LogP contribution in [0.1, 0.15) is 24.8 Å². The maximum Gasteiger partial charge on any atom is 0.233 e. The molecule has 32 heavy (non-hydrogen) atoms. The Balaban J connectivity index is 0.00000245. The zero-order valence-electron chi connectivity index (χ0n) is 18.3. The van der Waals surface area contributed by atoms with Crippen molar-refractivity contribution in [3.8, 4) is 5.75 Å². The number of halogens is 1. The molecule has 1 aromatic carbocycles. The number of carbonyl (C=O) groups is 2. The van der Waals surface area contributed by atoms with Crippen molar-refractivity contribution in [1.29, 1.82) is 0 Å². The van der Waals surface area contributed by atoms with Gasteiger partial charge in [-0.15, -0.1) is 24.0 Å². The first-order chi connectivity index (χ1) is 15.2. The highest BCUT2D eigenvalue weighted by molar-refractivity contribution is 14.0. The van der Waals surface area contributed by atoms with Crippen LogP contribution in [-0.4, -0.2) is 49.4 Å². The van der Waals surface area contributed by atoms with E-state index in [-0.39, 0.29) is 59.5 Å². The molecule has 4 atom stereocenters. The molecule has 1 aliphatic heterocycles. The van der Waals surface area contributed by atoms with Crippen LogP contribution in [0.4, 0.5) is 0 Å². The number of aliphatic imine (C=N–C) groups is 1. The molecule has 4 unspecified atom stereocenters. The van der Waals surface area contributed by atoms with E-state index >= 15 is 0 Å². The third kappa shape index (κ3) is 4.51. The van der Waals surface area contributed by atoms with Crippen LogP contribution in [0.5, 0.6) is 5.75 Å². The molecule has 0 spiro atoms. The molecule has 7 nitrogen and oxygen atoms in total. The molecular weight excluding hydrogens is 519 g/mol. The van der Waals surface area contributed by atoms with Gasteiger partial charge in [0.25, 0.3) is 0 Å². The van der Waals surface area contributed by atoms with Crippen molar-refractivity contribution in [2.24, 2.45) is 34.6 Å². The fourth-order valence-electron chi connectivity index (χ4n) is 5.15. The van der Waals surface area contributed by atoms with Crippen molar-refractivity contribution in [2.75, 3.05) is 26.7 Å². The molecule has 2 saturated carbocycles. The van der Waals surface area contributed by atoms with E-state index in [4.69, 9.17) is 4.74 Å². The SMILES string of the molecule is CN=C(NCCN1C(=O)C2C3C=CC(C3)C2C1=O)NCc1ccccc1OCC1CC1.I. The number of carbonyl (C=O) groups excluding carboxylic acids is 2. The molecule has 1 heterocycles. The van der Waals surface area contributed by atoms with Crippen LogP contribution in [0.3, 0.4) is 0 Å². The lowest BCUT2D eigenvalue weighted by atomic mass is 9.85. The Kier molecular flexibility index (Phi) is 7.07. The number of rotatable bonds is 8. The Bertz CT molecular complexity index is 900. The Morgan fingerprint density at radius 1 is 1.09 bits per heavy atom. The number of nitrogens with zero attached hydrogens (tertiary/aromatic N) is 2. The van der Waals surface area contributed by atoms with E-state index in [9.17, 15) is 9.59 Å². The number of benzene rings is 1. The van der Waals surface area contributed by atoms with Gasteiger partial charge in [-0.3, -0.25) is 19.5 Å². The van der Waals surface area contributed by atoms with Crippen molar-refractivity contribution in [3.63, 3.8) is 0 Å². The summed E-state index contributed by atoms with van der Waals surface area (Å²) in [7, 11) is 1.71. The number of hydrogen-bond acceptors (Lipinski definition) is 4. The highest BCUT2D eigenvalue weighted by Crippen LogP contribution is 2.52.